The van der Waals surface area contributed by atoms with E-state index in [1.807, 2.05) is 12.3 Å². The fraction of sp³-hybridized carbons (Fsp3) is 0.0833. The number of hydrogen-bond acceptors (Lipinski definition) is 4. The molecule has 0 aliphatic rings. The van der Waals surface area contributed by atoms with Gasteiger partial charge in [-0.3, -0.25) is 10.1 Å². The molecule has 2 aromatic rings. The Morgan fingerprint density at radius 1 is 1.33 bits per heavy atom. The third-order valence-electron chi connectivity index (χ3n) is 2.59. The standard InChI is InChI=1S/C12H9NO4S/c1-7-9(4-5-18-7)10-3-2-8(12(14)15)6-11(10)13(16)17/h2-6H,1H3,(H,14,15). The van der Waals surface area contributed by atoms with Crippen LogP contribution in [-0.2, 0) is 0 Å². The Balaban J connectivity index is 2.65. The quantitative estimate of drug-likeness (QED) is 0.680. The van der Waals surface area contributed by atoms with E-state index >= 15 is 0 Å². The van der Waals surface area contributed by atoms with E-state index in [1.54, 1.807) is 6.07 Å². The van der Waals surface area contributed by atoms with E-state index in [0.29, 0.717) is 5.56 Å². The second-order valence-electron chi connectivity index (χ2n) is 3.68. The molecule has 1 aromatic heterocycles. The van der Waals surface area contributed by atoms with Gasteiger partial charge in [0.05, 0.1) is 16.1 Å². The van der Waals surface area contributed by atoms with Crippen molar-refractivity contribution in [3.63, 3.8) is 0 Å². The fourth-order valence-electron chi connectivity index (χ4n) is 1.71. The molecule has 5 nitrogen and oxygen atoms in total. The lowest BCUT2D eigenvalue weighted by atomic mass is 10.0. The second kappa shape index (κ2) is 4.58. The zero-order chi connectivity index (χ0) is 13.3. The summed E-state index contributed by atoms with van der Waals surface area (Å²) in [7, 11) is 0. The number of carbonyl (C=O) groups is 1. The van der Waals surface area contributed by atoms with E-state index in [4.69, 9.17) is 5.11 Å². The molecule has 0 aliphatic heterocycles. The lowest BCUT2D eigenvalue weighted by Crippen LogP contribution is -1.99. The molecule has 0 aliphatic carbocycles. The molecule has 0 radical (unpaired) electrons. The van der Waals surface area contributed by atoms with Crippen molar-refractivity contribution in [1.82, 2.24) is 0 Å². The van der Waals surface area contributed by atoms with Gasteiger partial charge in [-0.1, -0.05) is 0 Å². The number of nitrogens with zero attached hydrogens (tertiary/aromatic N) is 1. The normalized spacial score (nSPS) is 10.3. The highest BCUT2D eigenvalue weighted by Crippen LogP contribution is 2.35. The number of hydrogen-bond donors (Lipinski definition) is 1. The highest BCUT2D eigenvalue weighted by atomic mass is 32.1. The lowest BCUT2D eigenvalue weighted by Gasteiger charge is -2.03. The van der Waals surface area contributed by atoms with Gasteiger partial charge in [0, 0.05) is 16.5 Å². The number of nitro groups is 1. The van der Waals surface area contributed by atoms with Gasteiger partial charge in [0.15, 0.2) is 0 Å². The summed E-state index contributed by atoms with van der Waals surface area (Å²) in [6.45, 7) is 1.87. The largest absolute Gasteiger partial charge is 0.478 e. The average molecular weight is 263 g/mol. The first kappa shape index (κ1) is 12.3. The van der Waals surface area contributed by atoms with Gasteiger partial charge in [-0.2, -0.15) is 0 Å². The number of carboxylic acid groups (broad SMARTS) is 1. The zero-order valence-corrected chi connectivity index (χ0v) is 10.2. The third kappa shape index (κ3) is 2.10. The minimum Gasteiger partial charge on any atom is -0.478 e. The molecule has 0 spiro atoms. The second-order valence-corrected chi connectivity index (χ2v) is 4.80. The van der Waals surface area contributed by atoms with Gasteiger partial charge >= 0.3 is 5.97 Å². The summed E-state index contributed by atoms with van der Waals surface area (Å²) < 4.78 is 0. The molecule has 6 heteroatoms. The van der Waals surface area contributed by atoms with Crippen LogP contribution in [0.3, 0.4) is 0 Å². The van der Waals surface area contributed by atoms with E-state index < -0.39 is 10.9 Å². The summed E-state index contributed by atoms with van der Waals surface area (Å²) in [5.41, 5.74) is 0.946. The Kier molecular flexibility index (Phi) is 3.12. The Labute approximate surface area is 106 Å². The number of carboxylic acids is 1. The van der Waals surface area contributed by atoms with E-state index in [0.717, 1.165) is 16.5 Å². The Morgan fingerprint density at radius 3 is 2.56 bits per heavy atom. The summed E-state index contributed by atoms with van der Waals surface area (Å²) in [6, 6.07) is 5.75. The zero-order valence-electron chi connectivity index (χ0n) is 9.41. The van der Waals surface area contributed by atoms with Crippen LogP contribution in [0, 0.1) is 17.0 Å². The molecule has 0 saturated heterocycles. The summed E-state index contributed by atoms with van der Waals surface area (Å²) in [5, 5.41) is 21.7. The van der Waals surface area contributed by atoms with Gasteiger partial charge in [-0.15, -0.1) is 11.3 Å². The molecule has 1 N–H and O–H groups in total. The molecule has 0 amide bonds. The van der Waals surface area contributed by atoms with Gasteiger partial charge in [0.2, 0.25) is 0 Å². The van der Waals surface area contributed by atoms with Crippen LogP contribution in [0.5, 0.6) is 0 Å². The van der Waals surface area contributed by atoms with Gasteiger partial charge in [-0.25, -0.2) is 4.79 Å². The van der Waals surface area contributed by atoms with Gasteiger partial charge in [-0.05, 0) is 30.5 Å². The van der Waals surface area contributed by atoms with Crippen molar-refractivity contribution in [2.75, 3.05) is 0 Å². The molecule has 0 bridgehead atoms. The molecule has 1 heterocycles. The molecular formula is C12H9NO4S. The minimum absolute atomic E-state index is 0.0849. The van der Waals surface area contributed by atoms with Crippen LogP contribution in [-0.4, -0.2) is 16.0 Å². The van der Waals surface area contributed by atoms with E-state index in [9.17, 15) is 14.9 Å². The van der Waals surface area contributed by atoms with Crippen molar-refractivity contribution in [1.29, 1.82) is 0 Å². The number of aromatic carboxylic acids is 1. The van der Waals surface area contributed by atoms with Crippen molar-refractivity contribution in [3.05, 3.63) is 50.2 Å². The number of aryl methyl sites for hydroxylation is 1. The molecule has 0 atom stereocenters. The number of thiophene rings is 1. The predicted octanol–water partition coefficient (Wildman–Crippen LogP) is 3.33. The maximum absolute atomic E-state index is 11.0. The third-order valence-corrected chi connectivity index (χ3v) is 3.44. The lowest BCUT2D eigenvalue weighted by molar-refractivity contribution is -0.384. The summed E-state index contributed by atoms with van der Waals surface area (Å²) >= 11 is 1.49. The first-order valence-electron chi connectivity index (χ1n) is 5.07. The van der Waals surface area contributed by atoms with Crippen LogP contribution in [0.15, 0.2) is 29.6 Å². The first-order chi connectivity index (χ1) is 8.50. The van der Waals surface area contributed by atoms with E-state index in [2.05, 4.69) is 0 Å². The van der Waals surface area contributed by atoms with Gasteiger partial charge in [0.25, 0.3) is 5.69 Å². The highest BCUT2D eigenvalue weighted by molar-refractivity contribution is 7.10. The Hall–Kier alpha value is -2.21. The highest BCUT2D eigenvalue weighted by Gasteiger charge is 2.19. The topological polar surface area (TPSA) is 80.4 Å². The molecule has 2 rings (SSSR count). The summed E-state index contributed by atoms with van der Waals surface area (Å²) in [5.74, 6) is -1.17. The minimum atomic E-state index is -1.17. The predicted molar refractivity (Wildman–Crippen MR) is 68.1 cm³/mol. The van der Waals surface area contributed by atoms with Crippen LogP contribution in [0.4, 0.5) is 5.69 Å². The Bertz CT molecular complexity index is 633. The number of benzene rings is 1. The summed E-state index contributed by atoms with van der Waals surface area (Å²) in [6.07, 6.45) is 0. The SMILES string of the molecule is Cc1sccc1-c1ccc(C(=O)O)cc1[N+](=O)[O-]. The molecule has 0 unspecified atom stereocenters. The van der Waals surface area contributed by atoms with Crippen LogP contribution < -0.4 is 0 Å². The van der Waals surface area contributed by atoms with Gasteiger partial charge in [0.1, 0.15) is 0 Å². The summed E-state index contributed by atoms with van der Waals surface area (Å²) in [4.78, 5) is 22.2. The van der Waals surface area contributed by atoms with Crippen molar-refractivity contribution < 1.29 is 14.8 Å². The fourth-order valence-corrected chi connectivity index (χ4v) is 2.42. The van der Waals surface area contributed by atoms with Gasteiger partial charge < -0.3 is 5.11 Å². The number of nitro benzene ring substituents is 1. The molecule has 18 heavy (non-hydrogen) atoms. The van der Waals surface area contributed by atoms with Crippen molar-refractivity contribution in [3.8, 4) is 11.1 Å². The smallest absolute Gasteiger partial charge is 0.335 e. The van der Waals surface area contributed by atoms with Crippen LogP contribution in [0.2, 0.25) is 0 Å². The Morgan fingerprint density at radius 2 is 2.06 bits per heavy atom. The molecule has 1 aromatic carbocycles. The van der Waals surface area contributed by atoms with Crippen molar-refractivity contribution in [2.45, 2.75) is 6.92 Å². The molecule has 0 fully saturated rings. The van der Waals surface area contributed by atoms with Crippen molar-refractivity contribution >= 4 is 23.0 Å². The average Bonchev–Trinajstić information content (AvgIpc) is 2.74. The first-order valence-corrected chi connectivity index (χ1v) is 5.95. The maximum atomic E-state index is 11.0. The van der Waals surface area contributed by atoms with Crippen molar-refractivity contribution in [2.24, 2.45) is 0 Å². The van der Waals surface area contributed by atoms with E-state index in [-0.39, 0.29) is 11.3 Å². The maximum Gasteiger partial charge on any atom is 0.335 e. The molecule has 92 valence electrons. The molecular weight excluding hydrogens is 254 g/mol. The van der Waals surface area contributed by atoms with E-state index in [1.165, 1.54) is 23.5 Å². The molecule has 0 saturated carbocycles. The number of rotatable bonds is 3. The van der Waals surface area contributed by atoms with Crippen LogP contribution >= 0.6 is 11.3 Å². The van der Waals surface area contributed by atoms with Crippen LogP contribution in [0.25, 0.3) is 11.1 Å². The monoisotopic (exact) mass is 263 g/mol. The van der Waals surface area contributed by atoms with Crippen LogP contribution in [0.1, 0.15) is 15.2 Å².